The van der Waals surface area contributed by atoms with Crippen LogP contribution in [0.3, 0.4) is 0 Å². The molecule has 0 spiro atoms. The molecule has 3 rings (SSSR count). The molecule has 0 amide bonds. The van der Waals surface area contributed by atoms with Gasteiger partial charge in [-0.1, -0.05) is 15.9 Å². The van der Waals surface area contributed by atoms with Crippen molar-refractivity contribution in [3.8, 4) is 5.75 Å². The van der Waals surface area contributed by atoms with Gasteiger partial charge in [0.2, 0.25) is 0 Å². The molecule has 0 bridgehead atoms. The molecule has 3 aromatic rings. The Balaban J connectivity index is 1.82. The first-order chi connectivity index (χ1) is 9.61. The molecule has 1 heterocycles. The largest absolute Gasteiger partial charge is 0.508 e. The number of phenolic OH excluding ortho intramolecular Hbond substituents is 1. The van der Waals surface area contributed by atoms with Crippen molar-refractivity contribution in [3.63, 3.8) is 0 Å². The number of oxazole rings is 1. The molecular formula is C14H11BrN2O3. The number of halogens is 1. The van der Waals surface area contributed by atoms with E-state index in [4.69, 9.17) is 4.42 Å². The Morgan fingerprint density at radius 3 is 2.95 bits per heavy atom. The molecule has 2 aromatic carbocycles. The molecule has 0 saturated carbocycles. The lowest BCUT2D eigenvalue weighted by Crippen LogP contribution is -1.99. The van der Waals surface area contributed by atoms with E-state index in [-0.39, 0.29) is 5.75 Å². The van der Waals surface area contributed by atoms with Crippen LogP contribution < -0.4 is 11.1 Å². The van der Waals surface area contributed by atoms with Crippen LogP contribution in [0.2, 0.25) is 0 Å². The van der Waals surface area contributed by atoms with Crippen molar-refractivity contribution in [2.24, 2.45) is 0 Å². The minimum Gasteiger partial charge on any atom is -0.508 e. The normalized spacial score (nSPS) is 10.8. The molecule has 20 heavy (non-hydrogen) atoms. The van der Waals surface area contributed by atoms with E-state index in [0.717, 1.165) is 15.7 Å². The molecule has 0 aliphatic heterocycles. The monoisotopic (exact) mass is 334 g/mol. The number of rotatable bonds is 3. The average Bonchev–Trinajstić information content (AvgIpc) is 2.79. The van der Waals surface area contributed by atoms with Gasteiger partial charge in [0.15, 0.2) is 5.58 Å². The molecule has 3 N–H and O–H groups in total. The van der Waals surface area contributed by atoms with E-state index in [2.05, 4.69) is 26.2 Å². The number of H-pyrrole nitrogens is 1. The van der Waals surface area contributed by atoms with Gasteiger partial charge >= 0.3 is 5.76 Å². The number of anilines is 1. The Morgan fingerprint density at radius 2 is 2.10 bits per heavy atom. The van der Waals surface area contributed by atoms with Gasteiger partial charge in [-0.15, -0.1) is 0 Å². The molecule has 1 aromatic heterocycles. The number of aromatic nitrogens is 1. The Morgan fingerprint density at radius 1 is 1.25 bits per heavy atom. The molecule has 0 aliphatic rings. The zero-order chi connectivity index (χ0) is 14.1. The molecular weight excluding hydrogens is 324 g/mol. The second-order valence-electron chi connectivity index (χ2n) is 4.35. The first kappa shape index (κ1) is 12.8. The third kappa shape index (κ3) is 2.55. The number of aromatic hydroxyl groups is 1. The zero-order valence-electron chi connectivity index (χ0n) is 10.3. The standard InChI is InChI=1S/C14H11BrN2O3/c15-9-1-3-12(18)8(5-9)7-16-10-2-4-13-11(6-10)17-14(19)20-13/h1-6,16,18H,7H2,(H,17,19). The third-order valence-electron chi connectivity index (χ3n) is 2.94. The Hall–Kier alpha value is -2.21. The molecule has 0 fully saturated rings. The molecule has 0 radical (unpaired) electrons. The second-order valence-corrected chi connectivity index (χ2v) is 5.27. The highest BCUT2D eigenvalue weighted by atomic mass is 79.9. The van der Waals surface area contributed by atoms with Crippen molar-refractivity contribution in [2.45, 2.75) is 6.54 Å². The highest BCUT2D eigenvalue weighted by molar-refractivity contribution is 9.10. The van der Waals surface area contributed by atoms with Crippen LogP contribution in [0.25, 0.3) is 11.1 Å². The fourth-order valence-electron chi connectivity index (χ4n) is 1.95. The minimum atomic E-state index is -0.471. The van der Waals surface area contributed by atoms with E-state index in [9.17, 15) is 9.90 Å². The number of benzene rings is 2. The number of hydrogen-bond donors (Lipinski definition) is 3. The third-order valence-corrected chi connectivity index (χ3v) is 3.44. The average molecular weight is 335 g/mol. The molecule has 102 valence electrons. The van der Waals surface area contributed by atoms with E-state index < -0.39 is 5.76 Å². The first-order valence-electron chi connectivity index (χ1n) is 5.96. The summed E-state index contributed by atoms with van der Waals surface area (Å²) < 4.78 is 5.84. The lowest BCUT2D eigenvalue weighted by Gasteiger charge is -2.08. The topological polar surface area (TPSA) is 78.3 Å². The van der Waals surface area contributed by atoms with Crippen LogP contribution in [0, 0.1) is 0 Å². The van der Waals surface area contributed by atoms with Gasteiger partial charge in [0, 0.05) is 22.3 Å². The fourth-order valence-corrected chi connectivity index (χ4v) is 2.36. The Kier molecular flexibility index (Phi) is 3.23. The fraction of sp³-hybridized carbons (Fsp3) is 0.0714. The van der Waals surface area contributed by atoms with Crippen LogP contribution in [0.15, 0.2) is 50.1 Å². The SMILES string of the molecule is O=c1[nH]c2cc(NCc3cc(Br)ccc3O)ccc2o1. The van der Waals surface area contributed by atoms with Crippen molar-refractivity contribution in [1.82, 2.24) is 4.98 Å². The molecule has 5 nitrogen and oxygen atoms in total. The van der Waals surface area contributed by atoms with E-state index in [1.54, 1.807) is 24.3 Å². The van der Waals surface area contributed by atoms with Crippen molar-refractivity contribution in [3.05, 3.63) is 57.0 Å². The van der Waals surface area contributed by atoms with Crippen LogP contribution in [0.5, 0.6) is 5.75 Å². The smallest absolute Gasteiger partial charge is 0.417 e. The predicted octanol–water partition coefficient (Wildman–Crippen LogP) is 3.20. The van der Waals surface area contributed by atoms with Crippen molar-refractivity contribution in [2.75, 3.05) is 5.32 Å². The Bertz CT molecular complexity index is 823. The number of phenols is 1. The highest BCUT2D eigenvalue weighted by Crippen LogP contribution is 2.23. The van der Waals surface area contributed by atoms with Crippen LogP contribution >= 0.6 is 15.9 Å². The number of nitrogens with one attached hydrogen (secondary N) is 2. The van der Waals surface area contributed by atoms with Crippen molar-refractivity contribution >= 4 is 32.7 Å². The van der Waals surface area contributed by atoms with Gasteiger partial charge in [-0.3, -0.25) is 4.98 Å². The summed E-state index contributed by atoms with van der Waals surface area (Å²) in [4.78, 5) is 13.7. The van der Waals surface area contributed by atoms with Crippen LogP contribution in [0.4, 0.5) is 5.69 Å². The summed E-state index contributed by atoms with van der Waals surface area (Å²) in [7, 11) is 0. The number of fused-ring (bicyclic) bond motifs is 1. The van der Waals surface area contributed by atoms with Gasteiger partial charge in [0.1, 0.15) is 5.75 Å². The van der Waals surface area contributed by atoms with E-state index in [0.29, 0.717) is 17.6 Å². The van der Waals surface area contributed by atoms with Crippen LogP contribution in [-0.2, 0) is 6.54 Å². The Labute approximate surface area is 122 Å². The highest BCUT2D eigenvalue weighted by Gasteiger charge is 2.04. The van der Waals surface area contributed by atoms with E-state index >= 15 is 0 Å². The lowest BCUT2D eigenvalue weighted by atomic mass is 10.2. The quantitative estimate of drug-likeness (QED) is 0.687. The van der Waals surface area contributed by atoms with Gasteiger partial charge in [0.25, 0.3) is 0 Å². The van der Waals surface area contributed by atoms with Gasteiger partial charge in [-0.25, -0.2) is 4.79 Å². The zero-order valence-corrected chi connectivity index (χ0v) is 11.9. The summed E-state index contributed by atoms with van der Waals surface area (Å²) >= 11 is 3.37. The summed E-state index contributed by atoms with van der Waals surface area (Å²) in [5.41, 5.74) is 2.76. The summed E-state index contributed by atoms with van der Waals surface area (Å²) in [6.45, 7) is 0.471. The number of hydrogen-bond acceptors (Lipinski definition) is 4. The van der Waals surface area contributed by atoms with E-state index in [1.165, 1.54) is 0 Å². The maximum Gasteiger partial charge on any atom is 0.417 e. The van der Waals surface area contributed by atoms with Crippen LogP contribution in [-0.4, -0.2) is 10.1 Å². The maximum atomic E-state index is 11.1. The molecule has 0 unspecified atom stereocenters. The van der Waals surface area contributed by atoms with Crippen molar-refractivity contribution in [1.29, 1.82) is 0 Å². The minimum absolute atomic E-state index is 0.235. The maximum absolute atomic E-state index is 11.1. The summed E-state index contributed by atoms with van der Waals surface area (Å²) in [5.74, 6) is -0.236. The second kappa shape index (κ2) is 5.05. The van der Waals surface area contributed by atoms with Gasteiger partial charge in [-0.2, -0.15) is 0 Å². The van der Waals surface area contributed by atoms with Gasteiger partial charge in [-0.05, 0) is 36.4 Å². The summed E-state index contributed by atoms with van der Waals surface area (Å²) in [5, 5.41) is 13.0. The van der Waals surface area contributed by atoms with Crippen molar-refractivity contribution < 1.29 is 9.52 Å². The first-order valence-corrected chi connectivity index (χ1v) is 6.75. The molecule has 6 heteroatoms. The molecule has 0 aliphatic carbocycles. The van der Waals surface area contributed by atoms with E-state index in [1.807, 2.05) is 12.1 Å². The van der Waals surface area contributed by atoms with Gasteiger partial charge < -0.3 is 14.8 Å². The van der Waals surface area contributed by atoms with Crippen LogP contribution in [0.1, 0.15) is 5.56 Å². The predicted molar refractivity (Wildman–Crippen MR) is 80.0 cm³/mol. The summed E-state index contributed by atoms with van der Waals surface area (Å²) in [6.07, 6.45) is 0. The molecule has 0 saturated heterocycles. The number of aromatic amines is 1. The summed E-state index contributed by atoms with van der Waals surface area (Å²) in [6, 6.07) is 10.6. The lowest BCUT2D eigenvalue weighted by molar-refractivity contribution is 0.469. The molecule has 0 atom stereocenters. The van der Waals surface area contributed by atoms with Gasteiger partial charge in [0.05, 0.1) is 5.52 Å².